The second-order valence-electron chi connectivity index (χ2n) is 5.01. The molecule has 2 atom stereocenters. The molecule has 1 aromatic rings. The second-order valence-corrected chi connectivity index (χ2v) is 5.01. The van der Waals surface area contributed by atoms with Crippen LogP contribution in [0.3, 0.4) is 0 Å². The predicted molar refractivity (Wildman–Crippen MR) is 75.3 cm³/mol. The first-order valence-electron chi connectivity index (χ1n) is 6.86. The lowest BCUT2D eigenvalue weighted by molar-refractivity contribution is -0.154. The van der Waals surface area contributed by atoms with Gasteiger partial charge in [0.05, 0.1) is 18.5 Å². The summed E-state index contributed by atoms with van der Waals surface area (Å²) in [6, 6.07) is 3.43. The minimum atomic E-state index is -0.575. The van der Waals surface area contributed by atoms with Crippen LogP contribution in [0.4, 0.5) is 0 Å². The van der Waals surface area contributed by atoms with E-state index < -0.39 is 5.97 Å². The molecule has 114 valence electrons. The molecule has 2 rings (SSSR count). The van der Waals surface area contributed by atoms with Gasteiger partial charge in [0.2, 0.25) is 0 Å². The summed E-state index contributed by atoms with van der Waals surface area (Å²) in [4.78, 5) is 25.1. The molecule has 0 N–H and O–H groups in total. The van der Waals surface area contributed by atoms with E-state index in [1.165, 1.54) is 18.4 Å². The van der Waals surface area contributed by atoms with Crippen molar-refractivity contribution in [3.63, 3.8) is 0 Å². The molecule has 21 heavy (non-hydrogen) atoms. The number of furan rings is 1. The van der Waals surface area contributed by atoms with Gasteiger partial charge in [0, 0.05) is 19.2 Å². The maximum Gasteiger partial charge on any atom is 0.331 e. The summed E-state index contributed by atoms with van der Waals surface area (Å²) in [7, 11) is 0. The first-order valence-corrected chi connectivity index (χ1v) is 6.86. The molecule has 1 aromatic heterocycles. The minimum Gasteiger partial charge on any atom is -0.465 e. The smallest absolute Gasteiger partial charge is 0.331 e. The number of hydrogen-bond acceptors (Lipinski definition) is 5. The van der Waals surface area contributed by atoms with Crippen LogP contribution in [0.5, 0.6) is 0 Å². The number of morpholine rings is 1. The van der Waals surface area contributed by atoms with Gasteiger partial charge in [-0.25, -0.2) is 4.79 Å². The molecular weight excluding hydrogens is 274 g/mol. The lowest BCUT2D eigenvalue weighted by atomic mass is 10.2. The van der Waals surface area contributed by atoms with Crippen molar-refractivity contribution in [3.8, 4) is 0 Å². The van der Waals surface area contributed by atoms with Crippen LogP contribution in [0.25, 0.3) is 6.08 Å². The van der Waals surface area contributed by atoms with E-state index in [9.17, 15) is 9.59 Å². The van der Waals surface area contributed by atoms with Crippen LogP contribution in [0.1, 0.15) is 19.6 Å². The van der Waals surface area contributed by atoms with Gasteiger partial charge in [-0.1, -0.05) is 0 Å². The SMILES string of the molecule is C[C@@H]1CN(C(=O)COC(=O)/C=C/c2ccco2)C[C@H](C)O1. The number of carbonyl (C=O) groups is 2. The predicted octanol–water partition coefficient (Wildman–Crippen LogP) is 1.47. The molecular formula is C15H19NO5. The summed E-state index contributed by atoms with van der Waals surface area (Å²) in [5, 5.41) is 0. The summed E-state index contributed by atoms with van der Waals surface area (Å²) >= 11 is 0. The Hall–Kier alpha value is -2.08. The van der Waals surface area contributed by atoms with Crippen LogP contribution in [0, 0.1) is 0 Å². The number of amides is 1. The van der Waals surface area contributed by atoms with Crippen molar-refractivity contribution in [3.05, 3.63) is 30.2 Å². The highest BCUT2D eigenvalue weighted by atomic mass is 16.5. The van der Waals surface area contributed by atoms with Crippen molar-refractivity contribution < 1.29 is 23.5 Å². The van der Waals surface area contributed by atoms with E-state index in [-0.39, 0.29) is 24.7 Å². The van der Waals surface area contributed by atoms with Crippen LogP contribution in [0.15, 0.2) is 28.9 Å². The molecule has 0 aliphatic carbocycles. The third-order valence-electron chi connectivity index (χ3n) is 3.04. The molecule has 1 aliphatic heterocycles. The maximum absolute atomic E-state index is 12.0. The number of hydrogen-bond donors (Lipinski definition) is 0. The van der Waals surface area contributed by atoms with Gasteiger partial charge in [-0.2, -0.15) is 0 Å². The Kier molecular flexibility index (Phi) is 5.16. The van der Waals surface area contributed by atoms with Crippen molar-refractivity contribution in [2.45, 2.75) is 26.1 Å². The van der Waals surface area contributed by atoms with Gasteiger partial charge < -0.3 is 18.8 Å². The number of nitrogens with zero attached hydrogens (tertiary/aromatic N) is 1. The summed E-state index contributed by atoms with van der Waals surface area (Å²) in [5.74, 6) is -0.236. The zero-order chi connectivity index (χ0) is 15.2. The first-order chi connectivity index (χ1) is 10.0. The molecule has 0 bridgehead atoms. The number of esters is 1. The van der Waals surface area contributed by atoms with Crippen LogP contribution >= 0.6 is 0 Å². The van der Waals surface area contributed by atoms with Gasteiger partial charge in [0.25, 0.3) is 5.91 Å². The lowest BCUT2D eigenvalue weighted by Crippen LogP contribution is -2.49. The number of rotatable bonds is 4. The van der Waals surface area contributed by atoms with Crippen LogP contribution in [0.2, 0.25) is 0 Å². The Morgan fingerprint density at radius 3 is 2.71 bits per heavy atom. The standard InChI is InChI=1S/C15H19NO5/c1-11-8-16(9-12(2)21-11)14(17)10-20-15(18)6-5-13-4-3-7-19-13/h3-7,11-12H,8-10H2,1-2H3/b6-5+/t11-,12+. The average molecular weight is 293 g/mol. The first kappa shape index (κ1) is 15.3. The molecule has 0 aromatic carbocycles. The third kappa shape index (κ3) is 4.75. The zero-order valence-corrected chi connectivity index (χ0v) is 12.2. The fourth-order valence-electron chi connectivity index (χ4n) is 2.19. The fourth-order valence-corrected chi connectivity index (χ4v) is 2.19. The van der Waals surface area contributed by atoms with Gasteiger partial charge in [0.1, 0.15) is 5.76 Å². The summed E-state index contributed by atoms with van der Waals surface area (Å²) < 4.78 is 15.5. The number of ether oxygens (including phenoxy) is 2. The van der Waals surface area contributed by atoms with Crippen molar-refractivity contribution in [2.75, 3.05) is 19.7 Å². The molecule has 1 aliphatic rings. The molecule has 1 saturated heterocycles. The Labute approximate surface area is 123 Å². The van der Waals surface area contributed by atoms with Gasteiger partial charge in [0.15, 0.2) is 6.61 Å². The van der Waals surface area contributed by atoms with Crippen molar-refractivity contribution in [1.29, 1.82) is 0 Å². The molecule has 6 heteroatoms. The molecule has 1 amide bonds. The molecule has 0 unspecified atom stereocenters. The molecule has 0 saturated carbocycles. The van der Waals surface area contributed by atoms with Gasteiger partial charge in [-0.15, -0.1) is 0 Å². The fraction of sp³-hybridized carbons (Fsp3) is 0.467. The normalized spacial score (nSPS) is 22.5. The largest absolute Gasteiger partial charge is 0.465 e. The lowest BCUT2D eigenvalue weighted by Gasteiger charge is -2.35. The highest BCUT2D eigenvalue weighted by Crippen LogP contribution is 2.10. The molecule has 2 heterocycles. The third-order valence-corrected chi connectivity index (χ3v) is 3.04. The summed E-state index contributed by atoms with van der Waals surface area (Å²) in [6.45, 7) is 4.59. The van der Waals surface area contributed by atoms with Crippen molar-refractivity contribution in [1.82, 2.24) is 4.90 Å². The minimum absolute atomic E-state index is 0.00718. The van der Waals surface area contributed by atoms with E-state index in [2.05, 4.69) is 0 Å². The Balaban J connectivity index is 1.77. The highest BCUT2D eigenvalue weighted by Gasteiger charge is 2.26. The second kappa shape index (κ2) is 7.08. The Morgan fingerprint density at radius 1 is 1.38 bits per heavy atom. The van der Waals surface area contributed by atoms with Crippen LogP contribution in [-0.4, -0.2) is 48.7 Å². The van der Waals surface area contributed by atoms with Crippen LogP contribution < -0.4 is 0 Å². The van der Waals surface area contributed by atoms with E-state index >= 15 is 0 Å². The zero-order valence-electron chi connectivity index (χ0n) is 12.2. The quantitative estimate of drug-likeness (QED) is 0.621. The molecule has 6 nitrogen and oxygen atoms in total. The van der Waals surface area contributed by atoms with Gasteiger partial charge in [-0.3, -0.25) is 4.79 Å². The van der Waals surface area contributed by atoms with E-state index in [4.69, 9.17) is 13.9 Å². The van der Waals surface area contributed by atoms with Crippen molar-refractivity contribution in [2.24, 2.45) is 0 Å². The molecule has 1 fully saturated rings. The Morgan fingerprint density at radius 2 is 2.10 bits per heavy atom. The Bertz CT molecular complexity index is 498. The number of carbonyl (C=O) groups excluding carboxylic acids is 2. The van der Waals surface area contributed by atoms with Gasteiger partial charge in [-0.05, 0) is 32.1 Å². The average Bonchev–Trinajstić information content (AvgIpc) is 2.94. The highest BCUT2D eigenvalue weighted by molar-refractivity contribution is 5.88. The van der Waals surface area contributed by atoms with Gasteiger partial charge >= 0.3 is 5.97 Å². The van der Waals surface area contributed by atoms with Crippen molar-refractivity contribution >= 4 is 18.0 Å². The topological polar surface area (TPSA) is 69.0 Å². The molecule has 0 spiro atoms. The van der Waals surface area contributed by atoms with E-state index in [1.54, 1.807) is 17.0 Å². The van der Waals surface area contributed by atoms with E-state index in [0.29, 0.717) is 18.8 Å². The van der Waals surface area contributed by atoms with E-state index in [1.807, 2.05) is 13.8 Å². The molecule has 0 radical (unpaired) electrons. The summed E-state index contributed by atoms with van der Waals surface area (Å²) in [6.07, 6.45) is 4.22. The monoisotopic (exact) mass is 293 g/mol. The maximum atomic E-state index is 12.0. The summed E-state index contributed by atoms with van der Waals surface area (Å²) in [5.41, 5.74) is 0. The van der Waals surface area contributed by atoms with Crippen LogP contribution in [-0.2, 0) is 19.1 Å². The van der Waals surface area contributed by atoms with E-state index in [0.717, 1.165) is 0 Å².